The van der Waals surface area contributed by atoms with Gasteiger partial charge in [-0.05, 0) is 49.7 Å². The first kappa shape index (κ1) is 22.2. The zero-order chi connectivity index (χ0) is 22.4. The van der Waals surface area contributed by atoms with Crippen LogP contribution in [0, 0.1) is 0 Å². The number of anilines is 1. The van der Waals surface area contributed by atoms with Gasteiger partial charge in [0.05, 0.1) is 23.3 Å². The molecule has 3 rings (SSSR count). The number of unbranched alkanes of at least 4 members (excludes halogenated alkanes) is 3. The van der Waals surface area contributed by atoms with Crippen LogP contribution >= 0.6 is 0 Å². The number of ether oxygens (including phenoxy) is 1. The Morgan fingerprint density at radius 1 is 0.935 bits per heavy atom. The van der Waals surface area contributed by atoms with Gasteiger partial charge < -0.3 is 10.1 Å². The lowest BCUT2D eigenvalue weighted by Gasteiger charge is -2.21. The Morgan fingerprint density at radius 3 is 2.13 bits per heavy atom. The number of benzene rings is 2. The third-order valence-electron chi connectivity index (χ3n) is 5.21. The molecule has 0 aliphatic carbocycles. The quantitative estimate of drug-likeness (QED) is 0.374. The van der Waals surface area contributed by atoms with Crippen LogP contribution in [0.3, 0.4) is 0 Å². The first-order valence-electron chi connectivity index (χ1n) is 10.5. The number of carbonyl (C=O) groups excluding carboxylic acids is 4. The van der Waals surface area contributed by atoms with Gasteiger partial charge in [0.2, 0.25) is 5.91 Å². The predicted molar refractivity (Wildman–Crippen MR) is 116 cm³/mol. The summed E-state index contributed by atoms with van der Waals surface area (Å²) >= 11 is 0. The molecule has 0 saturated heterocycles. The van der Waals surface area contributed by atoms with Crippen molar-refractivity contribution in [3.63, 3.8) is 0 Å². The van der Waals surface area contributed by atoms with Crippen LogP contribution in [0.4, 0.5) is 5.69 Å². The van der Waals surface area contributed by atoms with Gasteiger partial charge in [0.1, 0.15) is 6.04 Å². The molecular formula is C24H26N2O5. The van der Waals surface area contributed by atoms with E-state index in [4.69, 9.17) is 4.74 Å². The second kappa shape index (κ2) is 10.0. The van der Waals surface area contributed by atoms with Gasteiger partial charge in [-0.15, -0.1) is 0 Å². The number of fused-ring (bicyclic) bond motifs is 1. The molecule has 1 heterocycles. The molecule has 0 saturated carbocycles. The number of hydrogen-bond acceptors (Lipinski definition) is 5. The Labute approximate surface area is 181 Å². The summed E-state index contributed by atoms with van der Waals surface area (Å²) in [6.45, 7) is 4.00. The molecule has 1 N–H and O–H groups in total. The number of esters is 1. The number of nitrogens with zero attached hydrogens (tertiary/aromatic N) is 1. The van der Waals surface area contributed by atoms with E-state index in [1.165, 1.54) is 6.92 Å². The van der Waals surface area contributed by atoms with E-state index < -0.39 is 29.7 Å². The zero-order valence-electron chi connectivity index (χ0n) is 17.7. The summed E-state index contributed by atoms with van der Waals surface area (Å²) in [5, 5.41) is 2.68. The van der Waals surface area contributed by atoms with Gasteiger partial charge in [-0.2, -0.15) is 0 Å². The van der Waals surface area contributed by atoms with Crippen molar-refractivity contribution in [2.24, 2.45) is 0 Å². The average Bonchev–Trinajstić information content (AvgIpc) is 3.03. The zero-order valence-corrected chi connectivity index (χ0v) is 17.7. The number of carbonyl (C=O) groups is 4. The highest BCUT2D eigenvalue weighted by Gasteiger charge is 2.40. The summed E-state index contributed by atoms with van der Waals surface area (Å²) in [6.07, 6.45) is 4.10. The minimum absolute atomic E-state index is 0.296. The van der Waals surface area contributed by atoms with Gasteiger partial charge in [-0.3, -0.25) is 19.3 Å². The molecule has 0 bridgehead atoms. The number of hydrogen-bond donors (Lipinski definition) is 1. The smallest absolute Gasteiger partial charge is 0.338 e. The van der Waals surface area contributed by atoms with Crippen molar-refractivity contribution >= 4 is 29.4 Å². The van der Waals surface area contributed by atoms with Crippen molar-refractivity contribution in [3.05, 3.63) is 65.2 Å². The first-order valence-corrected chi connectivity index (χ1v) is 10.5. The maximum Gasteiger partial charge on any atom is 0.338 e. The van der Waals surface area contributed by atoms with E-state index in [-0.39, 0.29) is 0 Å². The Balaban J connectivity index is 1.57. The van der Waals surface area contributed by atoms with E-state index >= 15 is 0 Å². The predicted octanol–water partition coefficient (Wildman–Crippen LogP) is 4.05. The number of rotatable bonds is 9. The third-order valence-corrected chi connectivity index (χ3v) is 5.21. The summed E-state index contributed by atoms with van der Waals surface area (Å²) in [4.78, 5) is 50.8. The minimum atomic E-state index is -0.986. The van der Waals surface area contributed by atoms with Crippen LogP contribution in [0.25, 0.3) is 0 Å². The summed E-state index contributed by atoms with van der Waals surface area (Å²) < 4.78 is 5.25. The van der Waals surface area contributed by atoms with E-state index in [1.54, 1.807) is 48.5 Å². The van der Waals surface area contributed by atoms with E-state index in [0.717, 1.165) is 30.6 Å². The van der Waals surface area contributed by atoms with Crippen LogP contribution in [0.1, 0.15) is 70.6 Å². The van der Waals surface area contributed by atoms with Crippen molar-refractivity contribution in [3.8, 4) is 0 Å². The molecule has 1 aliphatic heterocycles. The SMILES string of the molecule is CCCCCCOC(=O)c1ccc(NC(=O)C(C)N2C(=O)c3ccccc3C2=O)cc1. The molecular weight excluding hydrogens is 396 g/mol. The lowest BCUT2D eigenvalue weighted by Crippen LogP contribution is -2.45. The van der Waals surface area contributed by atoms with Gasteiger partial charge in [0.15, 0.2) is 0 Å². The highest BCUT2D eigenvalue weighted by molar-refractivity contribution is 6.23. The number of nitrogens with one attached hydrogen (secondary N) is 1. The van der Waals surface area contributed by atoms with Gasteiger partial charge >= 0.3 is 5.97 Å². The second-order valence-electron chi connectivity index (χ2n) is 7.47. The van der Waals surface area contributed by atoms with Crippen LogP contribution in [0.2, 0.25) is 0 Å². The van der Waals surface area contributed by atoms with Crippen molar-refractivity contribution < 1.29 is 23.9 Å². The lowest BCUT2D eigenvalue weighted by atomic mass is 10.1. The fraction of sp³-hybridized carbons (Fsp3) is 0.333. The third kappa shape index (κ3) is 4.99. The Bertz CT molecular complexity index is 949. The molecule has 2 aromatic rings. The number of amides is 3. The Morgan fingerprint density at radius 2 is 1.55 bits per heavy atom. The fourth-order valence-electron chi connectivity index (χ4n) is 3.39. The minimum Gasteiger partial charge on any atom is -0.462 e. The van der Waals surface area contributed by atoms with E-state index in [1.807, 2.05) is 0 Å². The summed E-state index contributed by atoms with van der Waals surface area (Å²) in [5.74, 6) is -1.88. The molecule has 7 heteroatoms. The van der Waals surface area contributed by atoms with Crippen LogP contribution in [0.15, 0.2) is 48.5 Å². The Kier molecular flexibility index (Phi) is 7.18. The van der Waals surface area contributed by atoms with Crippen molar-refractivity contribution in [2.45, 2.75) is 45.6 Å². The molecule has 0 aromatic heterocycles. The molecule has 1 aliphatic rings. The molecule has 7 nitrogen and oxygen atoms in total. The number of imide groups is 1. The van der Waals surface area contributed by atoms with Crippen molar-refractivity contribution in [2.75, 3.05) is 11.9 Å². The largest absolute Gasteiger partial charge is 0.462 e. The van der Waals surface area contributed by atoms with Gasteiger partial charge in [0.25, 0.3) is 11.8 Å². The standard InChI is InChI=1S/C24H26N2O5/c1-3-4-5-8-15-31-24(30)17-11-13-18(14-12-17)25-21(27)16(2)26-22(28)19-9-6-7-10-20(19)23(26)29/h6-7,9-14,16H,3-5,8,15H2,1-2H3,(H,25,27). The maximum atomic E-state index is 12.6. The van der Waals surface area contributed by atoms with Crippen LogP contribution in [-0.4, -0.2) is 41.2 Å². The molecule has 1 unspecified atom stereocenters. The molecule has 162 valence electrons. The van der Waals surface area contributed by atoms with Gasteiger partial charge in [-0.25, -0.2) is 4.79 Å². The van der Waals surface area contributed by atoms with Crippen LogP contribution in [-0.2, 0) is 9.53 Å². The molecule has 31 heavy (non-hydrogen) atoms. The summed E-state index contributed by atoms with van der Waals surface area (Å²) in [7, 11) is 0. The fourth-order valence-corrected chi connectivity index (χ4v) is 3.39. The molecule has 1 atom stereocenters. The highest BCUT2D eigenvalue weighted by Crippen LogP contribution is 2.25. The molecule has 0 fully saturated rings. The lowest BCUT2D eigenvalue weighted by molar-refractivity contribution is -0.119. The first-order chi connectivity index (χ1) is 14.9. The van der Waals surface area contributed by atoms with Crippen molar-refractivity contribution in [1.29, 1.82) is 0 Å². The average molecular weight is 422 g/mol. The summed E-state index contributed by atoms with van der Waals surface area (Å²) in [6, 6.07) is 11.8. The molecule has 2 aromatic carbocycles. The summed E-state index contributed by atoms with van der Waals surface area (Å²) in [5.41, 5.74) is 1.43. The van der Waals surface area contributed by atoms with Crippen LogP contribution in [0.5, 0.6) is 0 Å². The van der Waals surface area contributed by atoms with Crippen molar-refractivity contribution in [1.82, 2.24) is 4.90 Å². The second-order valence-corrected chi connectivity index (χ2v) is 7.47. The van der Waals surface area contributed by atoms with E-state index in [0.29, 0.717) is 29.0 Å². The molecule has 0 spiro atoms. The normalized spacial score (nSPS) is 13.7. The van der Waals surface area contributed by atoms with Gasteiger partial charge in [0, 0.05) is 5.69 Å². The molecule has 0 radical (unpaired) electrons. The Hall–Kier alpha value is -3.48. The van der Waals surface area contributed by atoms with Crippen LogP contribution < -0.4 is 5.32 Å². The monoisotopic (exact) mass is 422 g/mol. The molecule has 3 amide bonds. The van der Waals surface area contributed by atoms with E-state index in [9.17, 15) is 19.2 Å². The highest BCUT2D eigenvalue weighted by atomic mass is 16.5. The van der Waals surface area contributed by atoms with E-state index in [2.05, 4.69) is 12.2 Å². The maximum absolute atomic E-state index is 12.6. The topological polar surface area (TPSA) is 92.8 Å². The van der Waals surface area contributed by atoms with Gasteiger partial charge in [-0.1, -0.05) is 38.3 Å².